The third-order valence-electron chi connectivity index (χ3n) is 4.06. The van der Waals surface area contributed by atoms with Gasteiger partial charge in [0, 0.05) is 5.69 Å². The van der Waals surface area contributed by atoms with E-state index >= 15 is 0 Å². The molecule has 0 aliphatic carbocycles. The molecule has 1 atom stereocenters. The van der Waals surface area contributed by atoms with Crippen molar-refractivity contribution in [1.29, 1.82) is 0 Å². The molecule has 25 heavy (non-hydrogen) atoms. The van der Waals surface area contributed by atoms with Gasteiger partial charge in [0.25, 0.3) is 0 Å². The molecule has 4 aromatic rings. The van der Waals surface area contributed by atoms with Crippen molar-refractivity contribution in [1.82, 2.24) is 19.5 Å². The highest BCUT2D eigenvalue weighted by Gasteiger charge is 2.15. The van der Waals surface area contributed by atoms with Crippen LogP contribution in [0.5, 0.6) is 0 Å². The molecule has 2 N–H and O–H groups in total. The Balaban J connectivity index is 1.72. The van der Waals surface area contributed by atoms with Crippen LogP contribution in [0.2, 0.25) is 0 Å². The number of rotatable bonds is 5. The molecule has 0 amide bonds. The number of benzene rings is 2. The molecule has 4 rings (SSSR count). The minimum atomic E-state index is -0.263. The Kier molecular flexibility index (Phi) is 4.10. The van der Waals surface area contributed by atoms with Crippen LogP contribution in [0.3, 0.4) is 0 Å². The Morgan fingerprint density at radius 1 is 0.920 bits per heavy atom. The molecule has 0 fully saturated rings. The third kappa shape index (κ3) is 2.95. The van der Waals surface area contributed by atoms with Gasteiger partial charge in [-0.2, -0.15) is 0 Å². The standard InChI is InChI=1S/C19H17N5O/c25-11-16(14-7-3-1-4-8-14)23-18-17-19(21-12-20-18)24(13-22-17)15-9-5-2-6-10-15/h1-10,12-13,16,25H,11H2,(H,20,21,23). The summed E-state index contributed by atoms with van der Waals surface area (Å²) in [7, 11) is 0. The van der Waals surface area contributed by atoms with Crippen molar-refractivity contribution in [2.24, 2.45) is 0 Å². The number of para-hydroxylation sites is 1. The Hall–Kier alpha value is -3.25. The summed E-state index contributed by atoms with van der Waals surface area (Å²) in [5.41, 5.74) is 3.35. The van der Waals surface area contributed by atoms with E-state index in [2.05, 4.69) is 20.3 Å². The number of nitrogens with zero attached hydrogens (tertiary/aromatic N) is 4. The maximum atomic E-state index is 9.76. The van der Waals surface area contributed by atoms with Crippen molar-refractivity contribution < 1.29 is 5.11 Å². The van der Waals surface area contributed by atoms with E-state index in [1.54, 1.807) is 6.33 Å². The molecule has 0 saturated heterocycles. The molecule has 0 bridgehead atoms. The predicted octanol–water partition coefficient (Wildman–Crippen LogP) is 2.96. The quantitative estimate of drug-likeness (QED) is 0.588. The molecule has 0 radical (unpaired) electrons. The topological polar surface area (TPSA) is 75.9 Å². The predicted molar refractivity (Wildman–Crippen MR) is 96.6 cm³/mol. The molecule has 1 unspecified atom stereocenters. The van der Waals surface area contributed by atoms with Gasteiger partial charge in [0.05, 0.1) is 12.6 Å². The summed E-state index contributed by atoms with van der Waals surface area (Å²) in [5.74, 6) is 0.600. The van der Waals surface area contributed by atoms with Crippen LogP contribution >= 0.6 is 0 Å². The highest BCUT2D eigenvalue weighted by molar-refractivity contribution is 5.84. The van der Waals surface area contributed by atoms with Gasteiger partial charge in [-0.25, -0.2) is 15.0 Å². The Labute approximate surface area is 144 Å². The summed E-state index contributed by atoms with van der Waals surface area (Å²) < 4.78 is 1.92. The summed E-state index contributed by atoms with van der Waals surface area (Å²) in [6.07, 6.45) is 3.24. The average Bonchev–Trinajstić information content (AvgIpc) is 3.12. The van der Waals surface area contributed by atoms with Crippen LogP contribution in [-0.2, 0) is 0 Å². The lowest BCUT2D eigenvalue weighted by molar-refractivity contribution is 0.276. The Bertz CT molecular complexity index is 969. The molecule has 6 nitrogen and oxygen atoms in total. The van der Waals surface area contributed by atoms with E-state index in [0.29, 0.717) is 17.0 Å². The maximum Gasteiger partial charge on any atom is 0.170 e. The van der Waals surface area contributed by atoms with Gasteiger partial charge in [-0.3, -0.25) is 4.57 Å². The molecule has 0 aliphatic heterocycles. The van der Waals surface area contributed by atoms with Gasteiger partial charge in [0.2, 0.25) is 0 Å². The van der Waals surface area contributed by atoms with Crippen LogP contribution in [0.15, 0.2) is 73.3 Å². The van der Waals surface area contributed by atoms with Crippen molar-refractivity contribution >= 4 is 17.0 Å². The first-order chi connectivity index (χ1) is 12.4. The second kappa shape index (κ2) is 6.70. The molecule has 2 heterocycles. The van der Waals surface area contributed by atoms with Crippen LogP contribution < -0.4 is 5.32 Å². The molecule has 2 aromatic carbocycles. The van der Waals surface area contributed by atoms with Gasteiger partial charge in [0.15, 0.2) is 17.0 Å². The van der Waals surface area contributed by atoms with Crippen LogP contribution in [0.4, 0.5) is 5.82 Å². The average molecular weight is 331 g/mol. The highest BCUT2D eigenvalue weighted by atomic mass is 16.3. The number of nitrogens with one attached hydrogen (secondary N) is 1. The fraction of sp³-hybridized carbons (Fsp3) is 0.105. The van der Waals surface area contributed by atoms with E-state index in [-0.39, 0.29) is 12.6 Å². The maximum absolute atomic E-state index is 9.76. The highest BCUT2D eigenvalue weighted by Crippen LogP contribution is 2.24. The zero-order valence-corrected chi connectivity index (χ0v) is 13.4. The summed E-state index contributed by atoms with van der Waals surface area (Å²) in [4.78, 5) is 13.2. The number of hydrogen-bond donors (Lipinski definition) is 2. The number of aromatic nitrogens is 4. The van der Waals surface area contributed by atoms with E-state index < -0.39 is 0 Å². The number of aliphatic hydroxyl groups excluding tert-OH is 1. The minimum absolute atomic E-state index is 0.0467. The van der Waals surface area contributed by atoms with Crippen molar-refractivity contribution in [3.63, 3.8) is 0 Å². The summed E-state index contributed by atoms with van der Waals surface area (Å²) >= 11 is 0. The summed E-state index contributed by atoms with van der Waals surface area (Å²) in [6.45, 7) is -0.0467. The van der Waals surface area contributed by atoms with Crippen LogP contribution in [-0.4, -0.2) is 31.2 Å². The zero-order chi connectivity index (χ0) is 17.1. The lowest BCUT2D eigenvalue weighted by Crippen LogP contribution is -2.16. The normalized spacial score (nSPS) is 12.2. The van der Waals surface area contributed by atoms with Crippen molar-refractivity contribution in [3.8, 4) is 5.69 Å². The Morgan fingerprint density at radius 3 is 2.36 bits per heavy atom. The molecular formula is C19H17N5O. The molecule has 0 spiro atoms. The zero-order valence-electron chi connectivity index (χ0n) is 13.4. The first-order valence-corrected chi connectivity index (χ1v) is 8.02. The summed E-state index contributed by atoms with van der Waals surface area (Å²) in [5, 5.41) is 13.0. The Morgan fingerprint density at radius 2 is 1.64 bits per heavy atom. The molecule has 124 valence electrons. The lowest BCUT2D eigenvalue weighted by Gasteiger charge is -2.17. The number of hydrogen-bond acceptors (Lipinski definition) is 5. The van der Waals surface area contributed by atoms with Crippen molar-refractivity contribution in [2.75, 3.05) is 11.9 Å². The first kappa shape index (κ1) is 15.3. The van der Waals surface area contributed by atoms with Gasteiger partial charge in [-0.1, -0.05) is 48.5 Å². The smallest absolute Gasteiger partial charge is 0.170 e. The minimum Gasteiger partial charge on any atom is -0.394 e. The van der Waals surface area contributed by atoms with Crippen molar-refractivity contribution in [3.05, 3.63) is 78.9 Å². The van der Waals surface area contributed by atoms with Gasteiger partial charge in [-0.15, -0.1) is 0 Å². The van der Waals surface area contributed by atoms with E-state index in [1.807, 2.05) is 65.2 Å². The van der Waals surface area contributed by atoms with Gasteiger partial charge >= 0.3 is 0 Å². The number of anilines is 1. The van der Waals surface area contributed by atoms with Gasteiger partial charge in [0.1, 0.15) is 12.7 Å². The van der Waals surface area contributed by atoms with E-state index in [1.165, 1.54) is 6.33 Å². The lowest BCUT2D eigenvalue weighted by atomic mass is 10.1. The molecule has 2 aromatic heterocycles. The van der Waals surface area contributed by atoms with E-state index in [9.17, 15) is 5.11 Å². The fourth-order valence-electron chi connectivity index (χ4n) is 2.80. The fourth-order valence-corrected chi connectivity index (χ4v) is 2.80. The van der Waals surface area contributed by atoms with Crippen LogP contribution in [0.1, 0.15) is 11.6 Å². The largest absolute Gasteiger partial charge is 0.394 e. The SMILES string of the molecule is OCC(Nc1ncnc2c1ncn2-c1ccccc1)c1ccccc1. The van der Waals surface area contributed by atoms with Crippen molar-refractivity contribution in [2.45, 2.75) is 6.04 Å². The third-order valence-corrected chi connectivity index (χ3v) is 4.06. The number of aliphatic hydroxyl groups is 1. The molecule has 0 saturated carbocycles. The molecular weight excluding hydrogens is 314 g/mol. The van der Waals surface area contributed by atoms with Crippen LogP contribution in [0, 0.1) is 0 Å². The second-order valence-electron chi connectivity index (χ2n) is 5.63. The first-order valence-electron chi connectivity index (χ1n) is 8.02. The second-order valence-corrected chi connectivity index (χ2v) is 5.63. The monoisotopic (exact) mass is 331 g/mol. The molecule has 6 heteroatoms. The number of fused-ring (bicyclic) bond motifs is 1. The van der Waals surface area contributed by atoms with Gasteiger partial charge < -0.3 is 10.4 Å². The van der Waals surface area contributed by atoms with E-state index in [4.69, 9.17) is 0 Å². The summed E-state index contributed by atoms with van der Waals surface area (Å²) in [6, 6.07) is 19.4. The van der Waals surface area contributed by atoms with E-state index in [0.717, 1.165) is 11.3 Å². The number of imidazole rings is 1. The molecule has 0 aliphatic rings. The van der Waals surface area contributed by atoms with Gasteiger partial charge in [-0.05, 0) is 17.7 Å². The van der Waals surface area contributed by atoms with Crippen LogP contribution in [0.25, 0.3) is 16.9 Å².